The molecule has 21 heavy (non-hydrogen) atoms. The number of ether oxygens (including phenoxy) is 2. The van der Waals surface area contributed by atoms with Crippen LogP contribution in [0.1, 0.15) is 18.4 Å². The number of rotatable bonds is 5. The van der Waals surface area contributed by atoms with Crippen molar-refractivity contribution in [2.75, 3.05) is 12.3 Å². The van der Waals surface area contributed by atoms with Crippen molar-refractivity contribution in [3.8, 4) is 23.6 Å². The fourth-order valence-electron chi connectivity index (χ4n) is 1.85. The maximum absolute atomic E-state index is 9.05. The smallest absolute Gasteiger partial charge is 0.240 e. The summed E-state index contributed by atoms with van der Waals surface area (Å²) in [5, 5.41) is 9.05. The summed E-state index contributed by atoms with van der Waals surface area (Å²) in [5.41, 5.74) is 6.79. The Morgan fingerprint density at radius 3 is 2.81 bits per heavy atom. The van der Waals surface area contributed by atoms with Gasteiger partial charge in [0.25, 0.3) is 0 Å². The maximum atomic E-state index is 9.05. The minimum atomic E-state index is 0.359. The first kappa shape index (κ1) is 13.3. The Balaban J connectivity index is 1.78. The van der Waals surface area contributed by atoms with Gasteiger partial charge in [-0.25, -0.2) is 0 Å². The number of aromatic nitrogens is 1. The van der Waals surface area contributed by atoms with E-state index < -0.39 is 0 Å². The summed E-state index contributed by atoms with van der Waals surface area (Å²) in [7, 11) is 0. The second-order valence-corrected chi connectivity index (χ2v) is 5.01. The fourth-order valence-corrected chi connectivity index (χ4v) is 1.85. The van der Waals surface area contributed by atoms with Crippen LogP contribution in [0.3, 0.4) is 0 Å². The minimum Gasteiger partial charge on any atom is -0.476 e. The Kier molecular flexibility index (Phi) is 3.61. The molecule has 1 aliphatic carbocycles. The molecule has 0 radical (unpaired) electrons. The van der Waals surface area contributed by atoms with E-state index in [0.717, 1.165) is 0 Å². The molecule has 1 aromatic heterocycles. The molecule has 0 bridgehead atoms. The number of nitrogen functional groups attached to an aromatic ring is 1. The van der Waals surface area contributed by atoms with Gasteiger partial charge in [0.15, 0.2) is 0 Å². The van der Waals surface area contributed by atoms with Crippen molar-refractivity contribution in [3.05, 3.63) is 42.0 Å². The molecule has 3 rings (SSSR count). The van der Waals surface area contributed by atoms with E-state index in [0.29, 0.717) is 41.3 Å². The maximum Gasteiger partial charge on any atom is 0.240 e. The largest absolute Gasteiger partial charge is 0.476 e. The van der Waals surface area contributed by atoms with Crippen LogP contribution < -0.4 is 15.2 Å². The lowest BCUT2D eigenvalue weighted by Crippen LogP contribution is -2.04. The highest BCUT2D eigenvalue weighted by molar-refractivity contribution is 5.50. The fraction of sp³-hybridized carbons (Fsp3) is 0.250. The molecule has 1 fully saturated rings. The first-order valence-corrected chi connectivity index (χ1v) is 6.82. The minimum absolute atomic E-state index is 0.359. The number of nitriles is 1. The van der Waals surface area contributed by atoms with Crippen molar-refractivity contribution in [2.24, 2.45) is 5.92 Å². The van der Waals surface area contributed by atoms with Crippen LogP contribution in [-0.4, -0.2) is 11.6 Å². The molecule has 2 aromatic rings. The van der Waals surface area contributed by atoms with Gasteiger partial charge < -0.3 is 15.2 Å². The van der Waals surface area contributed by atoms with E-state index in [1.165, 1.54) is 12.8 Å². The number of hydrogen-bond donors (Lipinski definition) is 1. The molecule has 106 valence electrons. The average molecular weight is 281 g/mol. The number of nitrogens with zero attached hydrogens (tertiary/aromatic N) is 2. The summed E-state index contributed by atoms with van der Waals surface area (Å²) in [6.07, 6.45) is 2.40. The van der Waals surface area contributed by atoms with Crippen LogP contribution in [0.4, 0.5) is 5.69 Å². The first-order valence-electron chi connectivity index (χ1n) is 6.82. The number of anilines is 1. The standard InChI is InChI=1S/C16H15N3O2/c17-9-12-3-1-2-4-14(12)21-15-8-7-13(18)16(19-15)20-10-11-5-6-11/h1-4,7-8,11H,5-6,10,18H2. The predicted octanol–water partition coefficient (Wildman–Crippen LogP) is 3.12. The quantitative estimate of drug-likeness (QED) is 0.910. The molecule has 0 aliphatic heterocycles. The molecule has 1 aliphatic rings. The van der Waals surface area contributed by atoms with Crippen molar-refractivity contribution < 1.29 is 9.47 Å². The zero-order valence-corrected chi connectivity index (χ0v) is 11.5. The van der Waals surface area contributed by atoms with Gasteiger partial charge in [-0.05, 0) is 37.0 Å². The van der Waals surface area contributed by atoms with Gasteiger partial charge in [0.1, 0.15) is 11.8 Å². The summed E-state index contributed by atoms with van der Waals surface area (Å²) >= 11 is 0. The summed E-state index contributed by atoms with van der Waals surface area (Å²) in [6.45, 7) is 0.634. The van der Waals surface area contributed by atoms with Crippen molar-refractivity contribution >= 4 is 5.69 Å². The molecule has 0 spiro atoms. The second-order valence-electron chi connectivity index (χ2n) is 5.01. The zero-order chi connectivity index (χ0) is 14.7. The van der Waals surface area contributed by atoms with Crippen molar-refractivity contribution in [3.63, 3.8) is 0 Å². The third-order valence-corrected chi connectivity index (χ3v) is 3.24. The van der Waals surface area contributed by atoms with E-state index in [2.05, 4.69) is 11.1 Å². The third-order valence-electron chi connectivity index (χ3n) is 3.24. The molecular formula is C16H15N3O2. The Morgan fingerprint density at radius 1 is 1.24 bits per heavy atom. The Bertz CT molecular complexity index is 690. The zero-order valence-electron chi connectivity index (χ0n) is 11.5. The van der Waals surface area contributed by atoms with Crippen LogP contribution in [0.2, 0.25) is 0 Å². The van der Waals surface area contributed by atoms with E-state index in [4.69, 9.17) is 20.5 Å². The van der Waals surface area contributed by atoms with Gasteiger partial charge in [-0.2, -0.15) is 10.2 Å². The monoisotopic (exact) mass is 281 g/mol. The average Bonchev–Trinajstić information content (AvgIpc) is 3.32. The molecule has 1 heterocycles. The number of nitrogens with two attached hydrogens (primary N) is 1. The molecule has 0 atom stereocenters. The van der Waals surface area contributed by atoms with E-state index in [-0.39, 0.29) is 0 Å². The SMILES string of the molecule is N#Cc1ccccc1Oc1ccc(N)c(OCC2CC2)n1. The highest BCUT2D eigenvalue weighted by atomic mass is 16.5. The van der Waals surface area contributed by atoms with Crippen molar-refractivity contribution in [2.45, 2.75) is 12.8 Å². The van der Waals surface area contributed by atoms with E-state index in [1.807, 2.05) is 0 Å². The molecule has 5 heteroatoms. The van der Waals surface area contributed by atoms with Gasteiger partial charge in [-0.3, -0.25) is 0 Å². The predicted molar refractivity (Wildman–Crippen MR) is 78.1 cm³/mol. The van der Waals surface area contributed by atoms with Crippen LogP contribution in [0.15, 0.2) is 36.4 Å². The summed E-state index contributed by atoms with van der Waals surface area (Å²) in [5.74, 6) is 1.83. The lowest BCUT2D eigenvalue weighted by Gasteiger charge is -2.10. The van der Waals surface area contributed by atoms with E-state index in [9.17, 15) is 0 Å². The van der Waals surface area contributed by atoms with Gasteiger partial charge >= 0.3 is 0 Å². The third kappa shape index (κ3) is 3.23. The lowest BCUT2D eigenvalue weighted by atomic mass is 10.2. The lowest BCUT2D eigenvalue weighted by molar-refractivity contribution is 0.286. The number of pyridine rings is 1. The van der Waals surface area contributed by atoms with Gasteiger partial charge in [0, 0.05) is 6.07 Å². The summed E-state index contributed by atoms with van der Waals surface area (Å²) in [4.78, 5) is 4.26. The molecule has 1 saturated carbocycles. The Labute approximate surface area is 122 Å². The summed E-state index contributed by atoms with van der Waals surface area (Å²) < 4.78 is 11.3. The van der Waals surface area contributed by atoms with E-state index >= 15 is 0 Å². The van der Waals surface area contributed by atoms with Crippen LogP contribution in [0.25, 0.3) is 0 Å². The van der Waals surface area contributed by atoms with Gasteiger partial charge in [0.2, 0.25) is 11.8 Å². The second kappa shape index (κ2) is 5.71. The molecular weight excluding hydrogens is 266 g/mol. The van der Waals surface area contributed by atoms with E-state index in [1.54, 1.807) is 36.4 Å². The van der Waals surface area contributed by atoms with Gasteiger partial charge in [0.05, 0.1) is 17.9 Å². The topological polar surface area (TPSA) is 81.2 Å². The number of hydrogen-bond acceptors (Lipinski definition) is 5. The molecule has 5 nitrogen and oxygen atoms in total. The van der Waals surface area contributed by atoms with Crippen molar-refractivity contribution in [1.29, 1.82) is 5.26 Å². The first-order chi connectivity index (χ1) is 10.3. The highest BCUT2D eigenvalue weighted by Gasteiger charge is 2.22. The molecule has 0 saturated heterocycles. The molecule has 0 unspecified atom stereocenters. The Hall–Kier alpha value is -2.74. The molecule has 1 aromatic carbocycles. The number of benzene rings is 1. The Morgan fingerprint density at radius 2 is 2.05 bits per heavy atom. The normalized spacial score (nSPS) is 13.5. The van der Waals surface area contributed by atoms with Gasteiger partial charge in [-0.15, -0.1) is 0 Å². The highest BCUT2D eigenvalue weighted by Crippen LogP contribution is 2.32. The van der Waals surface area contributed by atoms with Crippen LogP contribution in [-0.2, 0) is 0 Å². The van der Waals surface area contributed by atoms with Crippen LogP contribution in [0.5, 0.6) is 17.5 Å². The summed E-state index contributed by atoms with van der Waals surface area (Å²) in [6, 6.07) is 12.4. The molecule has 2 N–H and O–H groups in total. The van der Waals surface area contributed by atoms with Crippen LogP contribution >= 0.6 is 0 Å². The van der Waals surface area contributed by atoms with Gasteiger partial charge in [-0.1, -0.05) is 12.1 Å². The number of para-hydroxylation sites is 1. The van der Waals surface area contributed by atoms with Crippen molar-refractivity contribution in [1.82, 2.24) is 4.98 Å². The van der Waals surface area contributed by atoms with Crippen LogP contribution in [0, 0.1) is 17.2 Å². The molecule has 0 amide bonds.